The Hall–Kier alpha value is -3.42. The molecule has 0 unspecified atom stereocenters. The Bertz CT molecular complexity index is 803. The molecule has 0 saturated heterocycles. The van der Waals surface area contributed by atoms with Gasteiger partial charge in [0.2, 0.25) is 0 Å². The second-order valence-corrected chi connectivity index (χ2v) is 4.63. The van der Waals surface area contributed by atoms with Crippen LogP contribution in [0.15, 0.2) is 42.5 Å². The van der Waals surface area contributed by atoms with Crippen molar-refractivity contribution in [3.63, 3.8) is 0 Å². The zero-order valence-electron chi connectivity index (χ0n) is 12.9. The molecule has 2 rings (SSSR count). The summed E-state index contributed by atoms with van der Waals surface area (Å²) in [6.07, 6.45) is 0. The van der Waals surface area contributed by atoms with Crippen molar-refractivity contribution < 1.29 is 24.0 Å². The number of hydrogen-bond acceptors (Lipinski definition) is 6. The van der Waals surface area contributed by atoms with Crippen molar-refractivity contribution >= 4 is 23.3 Å². The third-order valence-corrected chi connectivity index (χ3v) is 3.22. The fraction of sp³-hybridized carbons (Fsp3) is 0.125. The lowest BCUT2D eigenvalue weighted by molar-refractivity contribution is -0.384. The van der Waals surface area contributed by atoms with Crippen molar-refractivity contribution in [3.8, 4) is 5.75 Å². The van der Waals surface area contributed by atoms with Crippen LogP contribution in [0, 0.1) is 10.1 Å². The standard InChI is InChI=1S/C16H14N2O6/c1-23-14-8-7-10(18(21)22)9-13(14)17-15(19)11-5-3-4-6-12(11)16(20)24-2/h3-9H,1-2H3,(H,17,19). The second-order valence-electron chi connectivity index (χ2n) is 4.63. The van der Waals surface area contributed by atoms with Crippen molar-refractivity contribution in [2.24, 2.45) is 0 Å². The number of non-ortho nitro benzene ring substituents is 1. The van der Waals surface area contributed by atoms with Crippen LogP contribution in [0.1, 0.15) is 20.7 Å². The minimum atomic E-state index is -0.660. The van der Waals surface area contributed by atoms with Gasteiger partial charge in [-0.1, -0.05) is 12.1 Å². The van der Waals surface area contributed by atoms with Gasteiger partial charge in [0, 0.05) is 12.1 Å². The summed E-state index contributed by atoms with van der Waals surface area (Å²) in [6, 6.07) is 9.90. The van der Waals surface area contributed by atoms with Crippen LogP contribution in [0.2, 0.25) is 0 Å². The summed E-state index contributed by atoms with van der Waals surface area (Å²) in [5.74, 6) is -1.02. The van der Waals surface area contributed by atoms with E-state index in [1.165, 1.54) is 44.6 Å². The van der Waals surface area contributed by atoms with Crippen molar-refractivity contribution in [2.75, 3.05) is 19.5 Å². The van der Waals surface area contributed by atoms with E-state index in [1.807, 2.05) is 0 Å². The van der Waals surface area contributed by atoms with Crippen LogP contribution in [0.3, 0.4) is 0 Å². The van der Waals surface area contributed by atoms with Crippen molar-refractivity contribution in [1.29, 1.82) is 0 Å². The highest BCUT2D eigenvalue weighted by molar-refractivity contribution is 6.11. The maximum absolute atomic E-state index is 12.5. The van der Waals surface area contributed by atoms with Crippen LogP contribution >= 0.6 is 0 Å². The number of carbonyl (C=O) groups excluding carboxylic acids is 2. The van der Waals surface area contributed by atoms with E-state index in [-0.39, 0.29) is 28.3 Å². The van der Waals surface area contributed by atoms with E-state index in [0.717, 1.165) is 0 Å². The summed E-state index contributed by atoms with van der Waals surface area (Å²) in [6.45, 7) is 0. The Kier molecular flexibility index (Phi) is 5.10. The van der Waals surface area contributed by atoms with Crippen LogP contribution < -0.4 is 10.1 Å². The molecule has 8 heteroatoms. The molecule has 0 fully saturated rings. The minimum absolute atomic E-state index is 0.0814. The molecule has 24 heavy (non-hydrogen) atoms. The molecule has 2 aromatic rings. The molecular formula is C16H14N2O6. The van der Waals surface area contributed by atoms with Gasteiger partial charge in [0.1, 0.15) is 5.75 Å². The Morgan fingerprint density at radius 3 is 2.33 bits per heavy atom. The molecule has 8 nitrogen and oxygen atoms in total. The molecule has 0 heterocycles. The molecule has 0 spiro atoms. The van der Waals surface area contributed by atoms with Gasteiger partial charge in [0.15, 0.2) is 0 Å². The number of rotatable bonds is 5. The smallest absolute Gasteiger partial charge is 0.338 e. The molecule has 0 aliphatic heterocycles. The number of amides is 1. The van der Waals surface area contributed by atoms with Gasteiger partial charge in [0.05, 0.1) is 36.0 Å². The van der Waals surface area contributed by atoms with Gasteiger partial charge < -0.3 is 14.8 Å². The highest BCUT2D eigenvalue weighted by Crippen LogP contribution is 2.29. The summed E-state index contributed by atoms with van der Waals surface area (Å²) in [4.78, 5) is 34.5. The highest BCUT2D eigenvalue weighted by Gasteiger charge is 2.19. The van der Waals surface area contributed by atoms with E-state index in [0.29, 0.717) is 0 Å². The minimum Gasteiger partial charge on any atom is -0.495 e. The summed E-state index contributed by atoms with van der Waals surface area (Å²) >= 11 is 0. The van der Waals surface area contributed by atoms with Gasteiger partial charge in [-0.25, -0.2) is 4.79 Å². The Balaban J connectivity index is 2.38. The summed E-state index contributed by atoms with van der Waals surface area (Å²) in [5, 5.41) is 13.4. The van der Waals surface area contributed by atoms with Gasteiger partial charge in [-0.2, -0.15) is 0 Å². The molecule has 0 aliphatic rings. The number of ether oxygens (including phenoxy) is 2. The first-order valence-corrected chi connectivity index (χ1v) is 6.79. The fourth-order valence-corrected chi connectivity index (χ4v) is 2.07. The quantitative estimate of drug-likeness (QED) is 0.513. The second kappa shape index (κ2) is 7.23. The summed E-state index contributed by atoms with van der Waals surface area (Å²) in [7, 11) is 2.58. The van der Waals surface area contributed by atoms with E-state index in [9.17, 15) is 19.7 Å². The zero-order chi connectivity index (χ0) is 17.7. The van der Waals surface area contributed by atoms with Gasteiger partial charge in [-0.3, -0.25) is 14.9 Å². The van der Waals surface area contributed by atoms with E-state index < -0.39 is 16.8 Å². The molecular weight excluding hydrogens is 316 g/mol. The number of nitrogens with one attached hydrogen (secondary N) is 1. The molecule has 1 amide bonds. The molecule has 0 bridgehead atoms. The summed E-state index contributed by atoms with van der Waals surface area (Å²) in [5.41, 5.74) is 0.0866. The van der Waals surface area contributed by atoms with Gasteiger partial charge in [-0.15, -0.1) is 0 Å². The van der Waals surface area contributed by atoms with Crippen LogP contribution in [0.4, 0.5) is 11.4 Å². The highest BCUT2D eigenvalue weighted by atomic mass is 16.6. The molecule has 124 valence electrons. The molecule has 2 aromatic carbocycles. The number of methoxy groups -OCH3 is 2. The van der Waals surface area contributed by atoms with Crippen LogP contribution in [0.5, 0.6) is 5.75 Å². The maximum atomic E-state index is 12.5. The molecule has 0 atom stereocenters. The van der Waals surface area contributed by atoms with Crippen molar-refractivity contribution in [3.05, 3.63) is 63.7 Å². The van der Waals surface area contributed by atoms with Crippen molar-refractivity contribution in [1.82, 2.24) is 0 Å². The first-order valence-electron chi connectivity index (χ1n) is 6.79. The molecule has 0 aromatic heterocycles. The predicted molar refractivity (Wildman–Crippen MR) is 85.4 cm³/mol. The normalized spacial score (nSPS) is 9.92. The fourth-order valence-electron chi connectivity index (χ4n) is 2.07. The van der Waals surface area contributed by atoms with E-state index in [4.69, 9.17) is 4.74 Å². The van der Waals surface area contributed by atoms with E-state index >= 15 is 0 Å². The number of hydrogen-bond donors (Lipinski definition) is 1. The third-order valence-electron chi connectivity index (χ3n) is 3.22. The monoisotopic (exact) mass is 330 g/mol. The summed E-state index contributed by atoms with van der Waals surface area (Å²) < 4.78 is 9.73. The molecule has 0 saturated carbocycles. The average Bonchev–Trinajstić information content (AvgIpc) is 2.60. The first kappa shape index (κ1) is 16.9. The van der Waals surface area contributed by atoms with Crippen molar-refractivity contribution in [2.45, 2.75) is 0 Å². The lowest BCUT2D eigenvalue weighted by atomic mass is 10.1. The molecule has 0 radical (unpaired) electrons. The molecule has 0 aliphatic carbocycles. The van der Waals surface area contributed by atoms with Crippen LogP contribution in [-0.2, 0) is 4.74 Å². The number of nitrogens with zero attached hydrogens (tertiary/aromatic N) is 1. The Labute approximate surface area is 137 Å². The number of nitro groups is 1. The van der Waals surface area contributed by atoms with Gasteiger partial charge in [-0.05, 0) is 18.2 Å². The lowest BCUT2D eigenvalue weighted by Gasteiger charge is -2.11. The van der Waals surface area contributed by atoms with Crippen LogP contribution in [-0.4, -0.2) is 31.0 Å². The number of nitro benzene ring substituents is 1. The largest absolute Gasteiger partial charge is 0.495 e. The Morgan fingerprint density at radius 2 is 1.75 bits per heavy atom. The SMILES string of the molecule is COC(=O)c1ccccc1C(=O)Nc1cc([N+](=O)[O-])ccc1OC. The predicted octanol–water partition coefficient (Wildman–Crippen LogP) is 2.64. The zero-order valence-corrected chi connectivity index (χ0v) is 12.9. The van der Waals surface area contributed by atoms with Crippen LogP contribution in [0.25, 0.3) is 0 Å². The first-order chi connectivity index (χ1) is 11.5. The van der Waals surface area contributed by atoms with E-state index in [1.54, 1.807) is 12.1 Å². The third kappa shape index (κ3) is 3.49. The number of esters is 1. The van der Waals surface area contributed by atoms with Gasteiger partial charge >= 0.3 is 5.97 Å². The lowest BCUT2D eigenvalue weighted by Crippen LogP contribution is -2.17. The van der Waals surface area contributed by atoms with E-state index in [2.05, 4.69) is 10.1 Å². The number of anilines is 1. The Morgan fingerprint density at radius 1 is 1.08 bits per heavy atom. The maximum Gasteiger partial charge on any atom is 0.338 e. The average molecular weight is 330 g/mol. The molecule has 1 N–H and O–H groups in total. The van der Waals surface area contributed by atoms with Gasteiger partial charge in [0.25, 0.3) is 11.6 Å². The number of benzene rings is 2. The number of carbonyl (C=O) groups is 2. The topological polar surface area (TPSA) is 108 Å².